The number of hydrogen-bond donors (Lipinski definition) is 3. The minimum Gasteiger partial charge on any atom is -0.490 e. The van der Waals surface area contributed by atoms with Crippen molar-refractivity contribution >= 4 is 23.9 Å². The summed E-state index contributed by atoms with van der Waals surface area (Å²) in [5.74, 6) is -1.96. The van der Waals surface area contributed by atoms with Crippen LogP contribution in [0, 0.1) is 0 Å². The van der Waals surface area contributed by atoms with Gasteiger partial charge in [-0.1, -0.05) is 45.7 Å². The Bertz CT molecular complexity index is 813. The van der Waals surface area contributed by atoms with Gasteiger partial charge in [-0.2, -0.15) is 0 Å². The third-order valence-corrected chi connectivity index (χ3v) is 3.16. The fourth-order valence-electron chi connectivity index (χ4n) is 1.87. The normalized spacial score (nSPS) is 8.43. The van der Waals surface area contributed by atoms with Gasteiger partial charge in [0.05, 0.1) is 13.2 Å². The molecular formula is C25H34O10. The molecule has 0 aromatic heterocycles. The molecule has 0 heterocycles. The number of esters is 1. The lowest BCUT2D eigenvalue weighted by molar-refractivity contribution is -0.132. The number of aliphatic carboxylic acids is 3. The van der Waals surface area contributed by atoms with Crippen molar-refractivity contribution in [3.8, 4) is 17.2 Å². The van der Waals surface area contributed by atoms with Gasteiger partial charge in [0, 0.05) is 24.3 Å². The number of ether oxygens (including phenoxy) is 3. The van der Waals surface area contributed by atoms with E-state index in [0.717, 1.165) is 42.7 Å². The Kier molecular flexibility index (Phi) is 23.0. The van der Waals surface area contributed by atoms with E-state index in [-0.39, 0.29) is 0 Å². The van der Waals surface area contributed by atoms with Crippen LogP contribution in [0.2, 0.25) is 0 Å². The molecule has 0 aliphatic carbocycles. The van der Waals surface area contributed by atoms with Crippen LogP contribution in [-0.2, 0) is 25.6 Å². The topological polar surface area (TPSA) is 157 Å². The number of carboxylic acid groups (broad SMARTS) is 3. The van der Waals surface area contributed by atoms with Gasteiger partial charge in [-0.05, 0) is 31.9 Å². The first-order valence-corrected chi connectivity index (χ1v) is 10.3. The predicted molar refractivity (Wildman–Crippen MR) is 132 cm³/mol. The molecule has 0 fully saturated rings. The minimum atomic E-state index is -0.981. The smallest absolute Gasteiger partial charge is 0.335 e. The van der Waals surface area contributed by atoms with Gasteiger partial charge in [0.25, 0.3) is 0 Å². The number of carbonyl (C=O) groups is 4. The van der Waals surface area contributed by atoms with Crippen LogP contribution in [0.3, 0.4) is 0 Å². The molecule has 0 aliphatic heterocycles. The molecule has 1 rings (SSSR count). The molecule has 3 N–H and O–H groups in total. The van der Waals surface area contributed by atoms with Crippen molar-refractivity contribution in [2.45, 2.75) is 33.6 Å². The zero-order valence-electron chi connectivity index (χ0n) is 20.3. The van der Waals surface area contributed by atoms with Gasteiger partial charge in [-0.15, -0.1) is 0 Å². The number of rotatable bonds is 11. The molecule has 0 saturated carbocycles. The summed E-state index contributed by atoms with van der Waals surface area (Å²) in [6, 6.07) is 3.64. The lowest BCUT2D eigenvalue weighted by Gasteiger charge is -2.17. The molecule has 0 aliphatic rings. The second-order valence-electron chi connectivity index (χ2n) is 5.75. The average Bonchev–Trinajstić information content (AvgIpc) is 2.83. The fraction of sp³-hybridized carbons (Fsp3) is 0.280. The van der Waals surface area contributed by atoms with Gasteiger partial charge in [0.2, 0.25) is 5.75 Å². The largest absolute Gasteiger partial charge is 0.490 e. The monoisotopic (exact) mass is 494 g/mol. The highest BCUT2D eigenvalue weighted by Crippen LogP contribution is 2.41. The summed E-state index contributed by atoms with van der Waals surface area (Å²) < 4.78 is 16.5. The Morgan fingerprint density at radius 3 is 1.46 bits per heavy atom. The summed E-state index contributed by atoms with van der Waals surface area (Å²) in [6.07, 6.45) is 5.50. The third kappa shape index (κ3) is 20.0. The molecule has 0 amide bonds. The average molecular weight is 495 g/mol. The quantitative estimate of drug-likeness (QED) is 0.230. The van der Waals surface area contributed by atoms with E-state index in [2.05, 4.69) is 33.2 Å². The number of aryl methyl sites for hydroxylation is 1. The van der Waals surface area contributed by atoms with E-state index in [4.69, 9.17) is 29.5 Å². The Balaban J connectivity index is -0.000000555. The van der Waals surface area contributed by atoms with E-state index in [9.17, 15) is 19.2 Å². The highest BCUT2D eigenvalue weighted by atomic mass is 16.6. The van der Waals surface area contributed by atoms with Gasteiger partial charge in [-0.3, -0.25) is 0 Å². The molecule has 0 unspecified atom stereocenters. The molecule has 0 saturated heterocycles. The molecule has 35 heavy (non-hydrogen) atoms. The highest BCUT2D eigenvalue weighted by molar-refractivity contribution is 5.84. The summed E-state index contributed by atoms with van der Waals surface area (Å²) in [6.45, 7) is 19.1. The molecule has 0 bridgehead atoms. The summed E-state index contributed by atoms with van der Waals surface area (Å²) >= 11 is 0. The Labute approximate surface area is 205 Å². The van der Waals surface area contributed by atoms with Gasteiger partial charge in [-0.25, -0.2) is 19.2 Å². The van der Waals surface area contributed by atoms with Crippen LogP contribution in [0.5, 0.6) is 17.2 Å². The van der Waals surface area contributed by atoms with Crippen molar-refractivity contribution in [3.63, 3.8) is 0 Å². The van der Waals surface area contributed by atoms with Gasteiger partial charge < -0.3 is 29.5 Å². The Morgan fingerprint density at radius 1 is 0.743 bits per heavy atom. The first-order valence-electron chi connectivity index (χ1n) is 10.3. The van der Waals surface area contributed by atoms with Gasteiger partial charge in [0.1, 0.15) is 0 Å². The molecule has 10 heteroatoms. The number of carboxylic acids is 3. The maximum atomic E-state index is 11.4. The van der Waals surface area contributed by atoms with Crippen LogP contribution in [-0.4, -0.2) is 52.4 Å². The Hall–Kier alpha value is -4.34. The second-order valence-corrected chi connectivity index (χ2v) is 5.75. The summed E-state index contributed by atoms with van der Waals surface area (Å²) in [5, 5.41) is 22.8. The van der Waals surface area contributed by atoms with Crippen LogP contribution < -0.4 is 14.2 Å². The zero-order chi connectivity index (χ0) is 27.8. The molecule has 0 radical (unpaired) electrons. The molecule has 1 aromatic carbocycles. The minimum absolute atomic E-state index is 0.361. The molecular weight excluding hydrogens is 460 g/mol. The van der Waals surface area contributed by atoms with Crippen LogP contribution in [0.15, 0.2) is 62.8 Å². The van der Waals surface area contributed by atoms with E-state index in [1.807, 2.05) is 19.9 Å². The standard InChI is InChI=1S/C16H22O4.3C3H4O2/c1-5-9-12-10-11-13(20-14(17)6-2)16(19-8-4)15(12)18-7-3;3*1-2-3(4)5/h6,10-11H,2,5,7-9H2,1,3-4H3;3*2H,1H2,(H,4,5). The van der Waals surface area contributed by atoms with Gasteiger partial charge >= 0.3 is 23.9 Å². The molecule has 1 aromatic rings. The van der Waals surface area contributed by atoms with Crippen molar-refractivity contribution in [1.82, 2.24) is 0 Å². The fourth-order valence-corrected chi connectivity index (χ4v) is 1.87. The van der Waals surface area contributed by atoms with Crippen LogP contribution in [0.25, 0.3) is 0 Å². The Morgan fingerprint density at radius 2 is 1.14 bits per heavy atom. The second kappa shape index (κ2) is 22.8. The van der Waals surface area contributed by atoms with Gasteiger partial charge in [0.15, 0.2) is 11.5 Å². The van der Waals surface area contributed by atoms with Crippen LogP contribution >= 0.6 is 0 Å². The van der Waals surface area contributed by atoms with Crippen molar-refractivity contribution < 1.29 is 48.7 Å². The van der Waals surface area contributed by atoms with E-state index in [1.165, 1.54) is 0 Å². The van der Waals surface area contributed by atoms with E-state index >= 15 is 0 Å². The molecule has 10 nitrogen and oxygen atoms in total. The number of benzene rings is 1. The maximum absolute atomic E-state index is 11.4. The summed E-state index contributed by atoms with van der Waals surface area (Å²) in [5.41, 5.74) is 1.05. The lowest BCUT2D eigenvalue weighted by atomic mass is 10.1. The first-order chi connectivity index (χ1) is 16.5. The van der Waals surface area contributed by atoms with Crippen LogP contribution in [0.4, 0.5) is 0 Å². The SMILES string of the molecule is C=CC(=O)O.C=CC(=O)O.C=CC(=O)O.C=CC(=O)Oc1ccc(CCC)c(OCC)c1OCC. The van der Waals surface area contributed by atoms with Crippen molar-refractivity contribution in [2.75, 3.05) is 13.2 Å². The summed E-state index contributed by atoms with van der Waals surface area (Å²) in [7, 11) is 0. The number of carbonyl (C=O) groups excluding carboxylic acids is 1. The maximum Gasteiger partial charge on any atom is 0.335 e. The van der Waals surface area contributed by atoms with E-state index in [1.54, 1.807) is 6.07 Å². The number of hydrogen-bond acceptors (Lipinski definition) is 7. The van der Waals surface area contributed by atoms with Crippen molar-refractivity contribution in [1.29, 1.82) is 0 Å². The van der Waals surface area contributed by atoms with E-state index in [0.29, 0.717) is 30.5 Å². The summed E-state index contributed by atoms with van der Waals surface area (Å²) in [4.78, 5) is 39.1. The van der Waals surface area contributed by atoms with Crippen molar-refractivity contribution in [2.24, 2.45) is 0 Å². The van der Waals surface area contributed by atoms with E-state index < -0.39 is 23.9 Å². The van der Waals surface area contributed by atoms with Crippen molar-refractivity contribution in [3.05, 3.63) is 68.3 Å². The molecule has 194 valence electrons. The van der Waals surface area contributed by atoms with Crippen LogP contribution in [0.1, 0.15) is 32.8 Å². The highest BCUT2D eigenvalue weighted by Gasteiger charge is 2.18. The third-order valence-electron chi connectivity index (χ3n) is 3.16. The lowest BCUT2D eigenvalue weighted by Crippen LogP contribution is -2.08. The zero-order valence-corrected chi connectivity index (χ0v) is 20.3. The predicted octanol–water partition coefficient (Wildman–Crippen LogP) is 4.30. The molecule has 0 spiro atoms. The molecule has 0 atom stereocenters. The first kappa shape index (κ1) is 35.3.